The second-order valence-corrected chi connectivity index (χ2v) is 8.27. The van der Waals surface area contributed by atoms with Gasteiger partial charge in [-0.1, -0.05) is 24.3 Å². The Hall–Kier alpha value is -3.60. The first kappa shape index (κ1) is 23.6. The third-order valence-electron chi connectivity index (χ3n) is 6.83. The average molecular weight is 470 g/mol. The number of carbonyl (C=O) groups excluding carboxylic acids is 4. The molecule has 4 rings (SSSR count). The van der Waals surface area contributed by atoms with Crippen molar-refractivity contribution in [3.63, 3.8) is 0 Å². The Labute approximate surface area is 193 Å². The van der Waals surface area contributed by atoms with Crippen molar-refractivity contribution in [2.45, 2.75) is 30.7 Å². The van der Waals surface area contributed by atoms with Crippen molar-refractivity contribution in [2.24, 2.45) is 0 Å². The molecule has 1 unspecified atom stereocenters. The lowest BCUT2D eigenvalue weighted by molar-refractivity contribution is -0.297. The Bertz CT molecular complexity index is 1270. The minimum absolute atomic E-state index is 0.00901. The van der Waals surface area contributed by atoms with Crippen LogP contribution >= 0.6 is 0 Å². The number of hydrogen-bond acceptors (Lipinski definition) is 10. The summed E-state index contributed by atoms with van der Waals surface area (Å²) in [6.45, 7) is 1.28. The highest BCUT2D eigenvalue weighted by atomic mass is 16.7. The van der Waals surface area contributed by atoms with E-state index in [-0.39, 0.29) is 11.1 Å². The highest BCUT2D eigenvalue weighted by Crippen LogP contribution is 2.54. The molecular weight excluding hydrogens is 448 g/mol. The zero-order valence-corrected chi connectivity index (χ0v) is 18.8. The maximum absolute atomic E-state index is 13.3. The molecule has 0 saturated carbocycles. The molecule has 0 fully saturated rings. The summed E-state index contributed by atoms with van der Waals surface area (Å²) in [5.41, 5.74) is -4.71. The lowest BCUT2D eigenvalue weighted by Gasteiger charge is -2.48. The van der Waals surface area contributed by atoms with E-state index in [9.17, 15) is 34.5 Å². The Morgan fingerprint density at radius 3 is 1.91 bits per heavy atom. The summed E-state index contributed by atoms with van der Waals surface area (Å²) in [6, 6.07) is 5.81. The zero-order chi connectivity index (χ0) is 25.2. The van der Waals surface area contributed by atoms with Crippen molar-refractivity contribution in [3.05, 3.63) is 57.6 Å². The van der Waals surface area contributed by atoms with Crippen molar-refractivity contribution in [3.8, 4) is 11.5 Å². The third kappa shape index (κ3) is 2.79. The van der Waals surface area contributed by atoms with Gasteiger partial charge in [0.1, 0.15) is 23.0 Å². The Kier molecular flexibility index (Phi) is 5.35. The Morgan fingerprint density at radius 2 is 1.44 bits per heavy atom. The second-order valence-electron chi connectivity index (χ2n) is 8.27. The van der Waals surface area contributed by atoms with Gasteiger partial charge in [-0.25, -0.2) is 0 Å². The number of ketones is 3. The predicted octanol–water partition coefficient (Wildman–Crippen LogP) is 1.46. The second kappa shape index (κ2) is 7.73. The highest BCUT2D eigenvalue weighted by Gasteiger charge is 2.63. The molecule has 3 N–H and O–H groups in total. The number of aliphatic hydroxyl groups is 1. The molecule has 2 aliphatic carbocycles. The Morgan fingerprint density at radius 1 is 0.941 bits per heavy atom. The summed E-state index contributed by atoms with van der Waals surface area (Å²) in [6.07, 6.45) is -0.789. The maximum Gasteiger partial charge on any atom is 0.316 e. The van der Waals surface area contributed by atoms with E-state index in [2.05, 4.69) is 0 Å². The number of hydrogen-bond donors (Lipinski definition) is 3. The van der Waals surface area contributed by atoms with Crippen LogP contribution in [0.3, 0.4) is 0 Å². The summed E-state index contributed by atoms with van der Waals surface area (Å²) < 4.78 is 15.4. The smallest absolute Gasteiger partial charge is 0.316 e. The number of phenolic OH excluding ortho intramolecular Hbond substituents is 2. The van der Waals surface area contributed by atoms with Gasteiger partial charge in [0.2, 0.25) is 0 Å². The van der Waals surface area contributed by atoms with Crippen molar-refractivity contribution >= 4 is 23.3 Å². The maximum atomic E-state index is 13.3. The van der Waals surface area contributed by atoms with E-state index < -0.39 is 80.8 Å². The van der Waals surface area contributed by atoms with Gasteiger partial charge in [-0.05, 0) is 6.92 Å². The average Bonchev–Trinajstić information content (AvgIpc) is 2.83. The molecule has 0 bridgehead atoms. The number of esters is 1. The normalized spacial score (nSPS) is 21.6. The van der Waals surface area contributed by atoms with Gasteiger partial charge in [0.05, 0.1) is 23.8 Å². The largest absolute Gasteiger partial charge is 0.507 e. The number of Topliss-reactive ketones (excluding diaryl/α,β-unsaturated/α-hetero) is 1. The van der Waals surface area contributed by atoms with Crippen molar-refractivity contribution < 1.29 is 48.7 Å². The fourth-order valence-electron chi connectivity index (χ4n) is 4.86. The molecule has 0 aromatic heterocycles. The number of benzene rings is 2. The molecule has 10 heteroatoms. The number of phenols is 2. The van der Waals surface area contributed by atoms with Gasteiger partial charge in [-0.3, -0.25) is 19.2 Å². The molecule has 0 saturated heterocycles. The molecule has 2 aromatic rings. The molecule has 0 heterocycles. The zero-order valence-electron chi connectivity index (χ0n) is 18.8. The van der Waals surface area contributed by atoms with Gasteiger partial charge in [-0.15, -0.1) is 0 Å². The van der Waals surface area contributed by atoms with Gasteiger partial charge >= 0.3 is 5.97 Å². The molecule has 0 amide bonds. The van der Waals surface area contributed by atoms with Crippen LogP contribution in [-0.2, 0) is 19.0 Å². The number of methoxy groups -OCH3 is 3. The van der Waals surface area contributed by atoms with Crippen LogP contribution in [0.25, 0.3) is 0 Å². The van der Waals surface area contributed by atoms with Gasteiger partial charge < -0.3 is 29.5 Å². The molecule has 2 atom stereocenters. The number of fused-ring (bicyclic) bond motifs is 3. The molecule has 10 nitrogen and oxygen atoms in total. The first-order valence-corrected chi connectivity index (χ1v) is 10.2. The van der Waals surface area contributed by atoms with E-state index in [0.717, 1.165) is 7.11 Å². The van der Waals surface area contributed by atoms with Crippen molar-refractivity contribution in [1.29, 1.82) is 0 Å². The summed E-state index contributed by atoms with van der Waals surface area (Å²) in [7, 11) is 3.38. The van der Waals surface area contributed by atoms with Crippen LogP contribution in [0.15, 0.2) is 24.3 Å². The van der Waals surface area contributed by atoms with E-state index in [4.69, 9.17) is 14.2 Å². The molecule has 2 aliphatic rings. The van der Waals surface area contributed by atoms with Crippen LogP contribution in [0.5, 0.6) is 11.5 Å². The van der Waals surface area contributed by atoms with Crippen LogP contribution in [0.2, 0.25) is 0 Å². The molecule has 2 aromatic carbocycles. The van der Waals surface area contributed by atoms with E-state index in [1.54, 1.807) is 0 Å². The van der Waals surface area contributed by atoms with E-state index in [0.29, 0.717) is 0 Å². The van der Waals surface area contributed by atoms with Gasteiger partial charge in [0.15, 0.2) is 23.1 Å². The van der Waals surface area contributed by atoms with Crippen LogP contribution in [-0.4, -0.2) is 71.4 Å². The van der Waals surface area contributed by atoms with Crippen LogP contribution in [0.4, 0.5) is 0 Å². The molecule has 34 heavy (non-hydrogen) atoms. The summed E-state index contributed by atoms with van der Waals surface area (Å²) in [5, 5.41) is 34.0. The first-order valence-electron chi connectivity index (χ1n) is 10.2. The van der Waals surface area contributed by atoms with E-state index in [1.165, 1.54) is 45.4 Å². The lowest BCUT2D eigenvalue weighted by Crippen LogP contribution is -2.62. The van der Waals surface area contributed by atoms with E-state index in [1.807, 2.05) is 0 Å². The van der Waals surface area contributed by atoms with Gasteiger partial charge in [0.25, 0.3) is 0 Å². The molecule has 0 aliphatic heterocycles. The number of rotatable bonds is 4. The monoisotopic (exact) mass is 470 g/mol. The molecule has 0 spiro atoms. The minimum atomic E-state index is -2.43. The van der Waals surface area contributed by atoms with Gasteiger partial charge in [0, 0.05) is 37.3 Å². The predicted molar refractivity (Wildman–Crippen MR) is 114 cm³/mol. The fraction of sp³-hybridized carbons (Fsp3) is 0.333. The number of ether oxygens (including phenoxy) is 3. The standard InChI is InChI=1S/C24H22O10/c1-23(33-3,34-4)24(31)9-12(25)13-14(17(24)22(30)32-2)21(29)16-15(20(13)28)18(26)10-7-5-6-8-11(10)19(16)27/h5-8,17,28-29,31H,9H2,1-4H3/t17-,24?/m0/s1. The topological polar surface area (TPSA) is 157 Å². The van der Waals surface area contributed by atoms with Crippen LogP contribution < -0.4 is 0 Å². The molecule has 178 valence electrons. The summed E-state index contributed by atoms with van der Waals surface area (Å²) in [4.78, 5) is 52.6. The van der Waals surface area contributed by atoms with E-state index >= 15 is 0 Å². The number of carbonyl (C=O) groups is 4. The number of aromatic hydroxyl groups is 2. The van der Waals surface area contributed by atoms with Crippen LogP contribution in [0.1, 0.15) is 67.0 Å². The SMILES string of the molecule is COC(=O)[C@@H]1c2c(O)c3c(c(O)c2C(=O)CC1(O)C(C)(OC)OC)C(=O)c1ccccc1C3=O. The quantitative estimate of drug-likeness (QED) is 0.290. The van der Waals surface area contributed by atoms with Gasteiger partial charge in [-0.2, -0.15) is 0 Å². The summed E-state index contributed by atoms with van der Waals surface area (Å²) >= 11 is 0. The molecular formula is C24H22O10. The Balaban J connectivity index is 2.12. The highest BCUT2D eigenvalue weighted by molar-refractivity contribution is 6.31. The molecule has 0 radical (unpaired) electrons. The van der Waals surface area contributed by atoms with Crippen molar-refractivity contribution in [1.82, 2.24) is 0 Å². The van der Waals surface area contributed by atoms with Crippen LogP contribution in [0, 0.1) is 0 Å². The lowest BCUT2D eigenvalue weighted by atomic mass is 9.65. The summed E-state index contributed by atoms with van der Waals surface area (Å²) in [5.74, 6) is -9.13. The fourth-order valence-corrected chi connectivity index (χ4v) is 4.86. The minimum Gasteiger partial charge on any atom is -0.507 e. The first-order chi connectivity index (χ1) is 16.0. The third-order valence-corrected chi connectivity index (χ3v) is 6.83. The van der Waals surface area contributed by atoms with Crippen molar-refractivity contribution in [2.75, 3.05) is 21.3 Å².